The number of anilines is 1. The third-order valence-electron chi connectivity index (χ3n) is 5.98. The first-order chi connectivity index (χ1) is 17.3. The summed E-state index contributed by atoms with van der Waals surface area (Å²) in [5, 5.41) is 11.3. The number of ether oxygens (including phenoxy) is 1. The van der Waals surface area contributed by atoms with Gasteiger partial charge in [-0.2, -0.15) is 0 Å². The molecular weight excluding hydrogens is 456 g/mol. The summed E-state index contributed by atoms with van der Waals surface area (Å²) in [6.07, 6.45) is 1.58. The van der Waals surface area contributed by atoms with E-state index in [1.807, 2.05) is 25.1 Å². The number of H-pyrrole nitrogens is 1. The fraction of sp³-hybridized carbons (Fsp3) is 0.214. The number of imidazole rings is 1. The van der Waals surface area contributed by atoms with Crippen molar-refractivity contribution in [1.29, 1.82) is 0 Å². The molecule has 5 rings (SSSR count). The van der Waals surface area contributed by atoms with Crippen LogP contribution in [0.3, 0.4) is 0 Å². The van der Waals surface area contributed by atoms with E-state index in [4.69, 9.17) is 4.74 Å². The molecule has 2 aromatic carbocycles. The first-order valence-electron chi connectivity index (χ1n) is 11.7. The molecule has 0 bridgehead atoms. The summed E-state index contributed by atoms with van der Waals surface area (Å²) in [4.78, 5) is 40.0. The number of benzene rings is 2. The minimum absolute atomic E-state index is 0.0498. The molecule has 0 saturated carbocycles. The van der Waals surface area contributed by atoms with E-state index in [0.717, 1.165) is 11.1 Å². The van der Waals surface area contributed by atoms with Crippen molar-refractivity contribution in [2.24, 2.45) is 5.92 Å². The summed E-state index contributed by atoms with van der Waals surface area (Å²) >= 11 is 0. The molecule has 182 valence electrons. The maximum Gasteiger partial charge on any atom is 0.302 e. The van der Waals surface area contributed by atoms with E-state index in [1.165, 1.54) is 4.90 Å². The van der Waals surface area contributed by atoms with Crippen LogP contribution in [0.5, 0.6) is 5.75 Å². The molecule has 1 fully saturated rings. The second kappa shape index (κ2) is 9.30. The first kappa shape index (κ1) is 23.3. The highest BCUT2D eigenvalue weighted by Crippen LogP contribution is 2.41. The van der Waals surface area contributed by atoms with Crippen molar-refractivity contribution in [2.75, 3.05) is 11.5 Å². The van der Waals surface area contributed by atoms with Gasteiger partial charge in [0.1, 0.15) is 17.6 Å². The van der Waals surface area contributed by atoms with Gasteiger partial charge in [0.05, 0.1) is 28.9 Å². The molecule has 4 aromatic rings. The zero-order chi connectivity index (χ0) is 25.4. The normalized spacial score (nSPS) is 17.3. The minimum Gasteiger partial charge on any atom is -0.507 e. The number of hydrogen-bond acceptors (Lipinski definition) is 6. The van der Waals surface area contributed by atoms with Crippen LogP contribution in [0.25, 0.3) is 16.8 Å². The Labute approximate surface area is 208 Å². The Morgan fingerprint density at radius 3 is 2.58 bits per heavy atom. The van der Waals surface area contributed by atoms with Gasteiger partial charge in [-0.25, -0.2) is 4.98 Å². The predicted octanol–water partition coefficient (Wildman–Crippen LogP) is 4.93. The molecule has 0 spiro atoms. The van der Waals surface area contributed by atoms with Crippen LogP contribution in [0.1, 0.15) is 36.7 Å². The van der Waals surface area contributed by atoms with Crippen molar-refractivity contribution < 1.29 is 19.4 Å². The standard InChI is InChI=1S/C28H26N4O4/c1-16(2)15-36-19-10-8-18(9-11-19)25(33)23-24(21-6-4-5-13-29-21)32(27(35)26(23)34)28-30-20-12-7-17(3)14-22(20)31-28/h4-14,16,24,33H,15H2,1-3H3,(H,30,31)/b25-23+. The van der Waals surface area contributed by atoms with Gasteiger partial charge in [0, 0.05) is 11.8 Å². The summed E-state index contributed by atoms with van der Waals surface area (Å²) in [6.45, 7) is 6.63. The SMILES string of the molecule is Cc1ccc2nc(N3C(=O)C(=O)/C(=C(/O)c4ccc(OCC(C)C)cc4)C3c3ccccn3)[nH]c2c1. The van der Waals surface area contributed by atoms with Crippen LogP contribution in [0.15, 0.2) is 72.4 Å². The highest BCUT2D eigenvalue weighted by molar-refractivity contribution is 6.51. The number of nitrogens with zero attached hydrogens (tertiary/aromatic N) is 3. The average molecular weight is 483 g/mol. The fourth-order valence-corrected chi connectivity index (χ4v) is 4.22. The number of pyridine rings is 1. The number of aromatic amines is 1. The van der Waals surface area contributed by atoms with Gasteiger partial charge in [0.15, 0.2) is 0 Å². The van der Waals surface area contributed by atoms with Gasteiger partial charge in [-0.15, -0.1) is 0 Å². The smallest absolute Gasteiger partial charge is 0.302 e. The molecule has 2 aromatic heterocycles. The van der Waals surface area contributed by atoms with Gasteiger partial charge in [0.2, 0.25) is 5.95 Å². The number of aryl methyl sites for hydroxylation is 1. The topological polar surface area (TPSA) is 108 Å². The van der Waals surface area contributed by atoms with Crippen molar-refractivity contribution in [1.82, 2.24) is 15.0 Å². The molecule has 1 aliphatic rings. The maximum absolute atomic E-state index is 13.3. The number of aromatic nitrogens is 3. The lowest BCUT2D eigenvalue weighted by molar-refractivity contribution is -0.132. The number of rotatable bonds is 6. The number of hydrogen-bond donors (Lipinski definition) is 2. The van der Waals surface area contributed by atoms with Crippen LogP contribution in [-0.4, -0.2) is 38.4 Å². The Hall–Kier alpha value is -4.46. The number of carbonyl (C=O) groups excluding carboxylic acids is 2. The van der Waals surface area contributed by atoms with E-state index >= 15 is 0 Å². The monoisotopic (exact) mass is 482 g/mol. The second-order valence-electron chi connectivity index (χ2n) is 9.23. The van der Waals surface area contributed by atoms with Crippen LogP contribution >= 0.6 is 0 Å². The van der Waals surface area contributed by atoms with Crippen molar-refractivity contribution in [3.8, 4) is 5.75 Å². The molecule has 1 unspecified atom stereocenters. The molecule has 1 saturated heterocycles. The van der Waals surface area contributed by atoms with Gasteiger partial charge in [0.25, 0.3) is 5.78 Å². The summed E-state index contributed by atoms with van der Waals surface area (Å²) in [7, 11) is 0. The summed E-state index contributed by atoms with van der Waals surface area (Å²) in [5.74, 6) is -0.646. The summed E-state index contributed by atoms with van der Waals surface area (Å²) < 4.78 is 5.72. The molecule has 36 heavy (non-hydrogen) atoms. The van der Waals surface area contributed by atoms with E-state index in [1.54, 1.807) is 48.7 Å². The number of aliphatic hydroxyl groups is 1. The van der Waals surface area contributed by atoms with Crippen LogP contribution in [0.2, 0.25) is 0 Å². The maximum atomic E-state index is 13.3. The zero-order valence-corrected chi connectivity index (χ0v) is 20.2. The summed E-state index contributed by atoms with van der Waals surface area (Å²) in [5.41, 5.74) is 3.21. The number of Topliss-reactive ketones (excluding diaryl/α,β-unsaturated/α-hetero) is 1. The van der Waals surface area contributed by atoms with E-state index in [9.17, 15) is 14.7 Å². The third kappa shape index (κ3) is 4.22. The predicted molar refractivity (Wildman–Crippen MR) is 137 cm³/mol. The Bertz CT molecular complexity index is 1470. The van der Waals surface area contributed by atoms with Crippen molar-refractivity contribution in [3.63, 3.8) is 0 Å². The second-order valence-corrected chi connectivity index (χ2v) is 9.23. The molecule has 8 heteroatoms. The van der Waals surface area contributed by atoms with Gasteiger partial charge in [-0.05, 0) is 66.9 Å². The van der Waals surface area contributed by atoms with E-state index in [-0.39, 0.29) is 17.3 Å². The molecule has 2 N–H and O–H groups in total. The number of aliphatic hydroxyl groups excluding tert-OH is 1. The molecule has 8 nitrogen and oxygen atoms in total. The highest BCUT2D eigenvalue weighted by atomic mass is 16.5. The quantitative estimate of drug-likeness (QED) is 0.229. The molecule has 0 aliphatic carbocycles. The van der Waals surface area contributed by atoms with Gasteiger partial charge in [-0.3, -0.25) is 19.5 Å². The first-order valence-corrected chi connectivity index (χ1v) is 11.7. The Morgan fingerprint density at radius 2 is 1.89 bits per heavy atom. The van der Waals surface area contributed by atoms with E-state index in [0.29, 0.717) is 35.0 Å². The molecular formula is C28H26N4O4. The lowest BCUT2D eigenvalue weighted by Gasteiger charge is -2.22. The van der Waals surface area contributed by atoms with Crippen LogP contribution < -0.4 is 9.64 Å². The number of carbonyl (C=O) groups is 2. The molecule has 1 amide bonds. The fourth-order valence-electron chi connectivity index (χ4n) is 4.22. The Kier molecular flexibility index (Phi) is 6.01. The van der Waals surface area contributed by atoms with Crippen molar-refractivity contribution in [3.05, 3.63) is 89.3 Å². The molecule has 1 atom stereocenters. The minimum atomic E-state index is -0.954. The Balaban J connectivity index is 1.61. The lowest BCUT2D eigenvalue weighted by Crippen LogP contribution is -2.30. The summed E-state index contributed by atoms with van der Waals surface area (Å²) in [6, 6.07) is 16.7. The van der Waals surface area contributed by atoms with Gasteiger partial charge >= 0.3 is 5.91 Å². The van der Waals surface area contributed by atoms with Crippen LogP contribution in [-0.2, 0) is 9.59 Å². The van der Waals surface area contributed by atoms with E-state index < -0.39 is 17.7 Å². The Morgan fingerprint density at radius 1 is 1.11 bits per heavy atom. The van der Waals surface area contributed by atoms with Gasteiger partial charge < -0.3 is 14.8 Å². The highest BCUT2D eigenvalue weighted by Gasteiger charge is 2.48. The third-order valence-corrected chi connectivity index (χ3v) is 5.98. The lowest BCUT2D eigenvalue weighted by atomic mass is 9.98. The largest absolute Gasteiger partial charge is 0.507 e. The van der Waals surface area contributed by atoms with Crippen molar-refractivity contribution >= 4 is 34.4 Å². The molecule has 0 radical (unpaired) electrons. The van der Waals surface area contributed by atoms with Crippen LogP contribution in [0, 0.1) is 12.8 Å². The average Bonchev–Trinajstić information content (AvgIpc) is 3.40. The van der Waals surface area contributed by atoms with Gasteiger partial charge in [-0.1, -0.05) is 26.0 Å². The molecule has 1 aliphatic heterocycles. The van der Waals surface area contributed by atoms with Crippen LogP contribution in [0.4, 0.5) is 5.95 Å². The number of amides is 1. The zero-order valence-electron chi connectivity index (χ0n) is 20.2. The number of ketones is 1. The van der Waals surface area contributed by atoms with E-state index in [2.05, 4.69) is 28.8 Å². The molecule has 3 heterocycles. The van der Waals surface area contributed by atoms with Crippen molar-refractivity contribution in [2.45, 2.75) is 26.8 Å². The number of fused-ring (bicyclic) bond motifs is 1. The number of nitrogens with one attached hydrogen (secondary N) is 1.